The van der Waals surface area contributed by atoms with Gasteiger partial charge in [-0.3, -0.25) is 4.90 Å². The molecule has 0 spiro atoms. The summed E-state index contributed by atoms with van der Waals surface area (Å²) in [6.07, 6.45) is 2.15. The fourth-order valence-electron chi connectivity index (χ4n) is 4.12. The van der Waals surface area contributed by atoms with Gasteiger partial charge in [-0.15, -0.1) is 11.3 Å². The summed E-state index contributed by atoms with van der Waals surface area (Å²) in [7, 11) is -1.73. The zero-order valence-corrected chi connectivity index (χ0v) is 20.3. The summed E-state index contributed by atoms with van der Waals surface area (Å²) in [5.74, 6) is 0. The highest BCUT2D eigenvalue weighted by Crippen LogP contribution is 2.33. The van der Waals surface area contributed by atoms with Crippen molar-refractivity contribution in [1.82, 2.24) is 19.2 Å². The van der Waals surface area contributed by atoms with Crippen LogP contribution in [0.15, 0.2) is 40.6 Å². The Morgan fingerprint density at radius 3 is 2.74 bits per heavy atom. The fourth-order valence-corrected chi connectivity index (χ4v) is 6.49. The number of thiazole rings is 1. The third-order valence-electron chi connectivity index (χ3n) is 6.06. The van der Waals surface area contributed by atoms with Gasteiger partial charge in [0.1, 0.15) is 9.90 Å². The van der Waals surface area contributed by atoms with Crippen molar-refractivity contribution < 1.29 is 8.42 Å². The predicted molar refractivity (Wildman–Crippen MR) is 127 cm³/mol. The molecule has 1 atom stereocenters. The Balaban J connectivity index is 1.57. The van der Waals surface area contributed by atoms with Crippen LogP contribution in [0.2, 0.25) is 5.02 Å². The molecule has 0 radical (unpaired) electrons. The first kappa shape index (κ1) is 22.5. The van der Waals surface area contributed by atoms with Crippen molar-refractivity contribution in [3.8, 4) is 22.0 Å². The first-order valence-corrected chi connectivity index (χ1v) is 13.2. The van der Waals surface area contributed by atoms with Gasteiger partial charge in [-0.25, -0.2) is 18.1 Å². The molecule has 1 aromatic carbocycles. The minimum absolute atomic E-state index is 0.268. The van der Waals surface area contributed by atoms with Gasteiger partial charge in [-0.2, -0.15) is 0 Å². The normalized spacial score (nSPS) is 17.5. The average molecular weight is 479 g/mol. The second-order valence-corrected chi connectivity index (χ2v) is 10.9. The van der Waals surface area contributed by atoms with E-state index >= 15 is 0 Å². The Hall–Kier alpha value is -1.71. The molecule has 3 aromatic rings. The van der Waals surface area contributed by atoms with Gasteiger partial charge >= 0.3 is 0 Å². The number of nitrogens with zero attached hydrogens (tertiary/aromatic N) is 3. The largest absolute Gasteiger partial charge is 0.345 e. The van der Waals surface area contributed by atoms with Crippen molar-refractivity contribution in [1.29, 1.82) is 0 Å². The highest BCUT2D eigenvalue weighted by atomic mass is 35.5. The first-order chi connectivity index (χ1) is 14.8. The van der Waals surface area contributed by atoms with Gasteiger partial charge in [0.2, 0.25) is 10.0 Å². The lowest BCUT2D eigenvalue weighted by molar-refractivity contribution is 0.268. The van der Waals surface area contributed by atoms with Gasteiger partial charge in [0.15, 0.2) is 0 Å². The molecule has 31 heavy (non-hydrogen) atoms. The molecule has 0 amide bonds. The van der Waals surface area contributed by atoms with E-state index in [1.165, 1.54) is 11.3 Å². The molecule has 1 aliphatic rings. The van der Waals surface area contributed by atoms with Crippen molar-refractivity contribution in [3.63, 3.8) is 0 Å². The monoisotopic (exact) mass is 478 g/mol. The topological polar surface area (TPSA) is 67.2 Å². The molecule has 4 rings (SSSR count). The molecule has 1 N–H and O–H groups in total. The SMILES string of the molecule is CCN1CCC[C@@H]1CNS(=O)(=O)c1cc(-c2nc(-c3ccc(Cl)cc3)cs2)n(C)c1C. The van der Waals surface area contributed by atoms with Crippen molar-refractivity contribution in [2.75, 3.05) is 19.6 Å². The van der Waals surface area contributed by atoms with E-state index in [0.717, 1.165) is 47.9 Å². The van der Waals surface area contributed by atoms with Gasteiger partial charge in [-0.05, 0) is 51.1 Å². The maximum absolute atomic E-state index is 13.1. The number of hydrogen-bond donors (Lipinski definition) is 1. The van der Waals surface area contributed by atoms with E-state index in [-0.39, 0.29) is 6.04 Å². The quantitative estimate of drug-likeness (QED) is 0.541. The number of halogens is 1. The molecule has 0 bridgehead atoms. The second kappa shape index (κ2) is 9.03. The van der Waals surface area contributed by atoms with Gasteiger partial charge in [0.25, 0.3) is 0 Å². The standard InChI is InChI=1S/C22H27ClN4O2S2/c1-4-27-11-5-6-18(27)13-24-31(28,29)21-12-20(26(3)15(21)2)22-25-19(14-30-22)16-7-9-17(23)10-8-16/h7-10,12,14,18,24H,4-6,11,13H2,1-3H3/t18-/m1/s1. The lowest BCUT2D eigenvalue weighted by Gasteiger charge is -2.22. The molecule has 9 heteroatoms. The molecule has 1 aliphatic heterocycles. The van der Waals surface area contributed by atoms with Gasteiger partial charge < -0.3 is 4.57 Å². The van der Waals surface area contributed by atoms with Crippen LogP contribution >= 0.6 is 22.9 Å². The number of likely N-dealkylation sites (N-methyl/N-ethyl adjacent to an activating group) is 1. The Kier molecular flexibility index (Phi) is 6.55. The first-order valence-electron chi connectivity index (χ1n) is 10.4. The van der Waals surface area contributed by atoms with E-state index in [1.807, 2.05) is 48.2 Å². The third-order valence-corrected chi connectivity index (χ3v) is 8.71. The summed E-state index contributed by atoms with van der Waals surface area (Å²) in [5, 5.41) is 3.44. The number of rotatable bonds is 7. The van der Waals surface area contributed by atoms with E-state index < -0.39 is 10.0 Å². The average Bonchev–Trinajstić information content (AvgIpc) is 3.47. The summed E-state index contributed by atoms with van der Waals surface area (Å²) in [5.41, 5.74) is 3.31. The lowest BCUT2D eigenvalue weighted by Crippen LogP contribution is -2.40. The molecule has 6 nitrogen and oxygen atoms in total. The highest BCUT2D eigenvalue weighted by molar-refractivity contribution is 7.89. The van der Waals surface area contributed by atoms with Crippen LogP contribution in [-0.2, 0) is 17.1 Å². The van der Waals surface area contributed by atoms with E-state index in [9.17, 15) is 8.42 Å². The number of aromatic nitrogens is 2. The van der Waals surface area contributed by atoms with Crippen LogP contribution in [0.25, 0.3) is 22.0 Å². The minimum Gasteiger partial charge on any atom is -0.345 e. The van der Waals surface area contributed by atoms with Crippen LogP contribution < -0.4 is 4.72 Å². The molecular weight excluding hydrogens is 452 g/mol. The molecule has 0 saturated carbocycles. The van der Waals surface area contributed by atoms with Crippen molar-refractivity contribution in [2.24, 2.45) is 7.05 Å². The fraction of sp³-hybridized carbons (Fsp3) is 0.409. The Bertz CT molecular complexity index is 1170. The van der Waals surface area contributed by atoms with E-state index in [4.69, 9.17) is 16.6 Å². The number of benzene rings is 1. The number of likely N-dealkylation sites (tertiary alicyclic amines) is 1. The highest BCUT2D eigenvalue weighted by Gasteiger charge is 2.27. The second-order valence-electron chi connectivity index (χ2n) is 7.86. The van der Waals surface area contributed by atoms with Crippen molar-refractivity contribution >= 4 is 33.0 Å². The van der Waals surface area contributed by atoms with Crippen molar-refractivity contribution in [3.05, 3.63) is 46.4 Å². The van der Waals surface area contributed by atoms with Gasteiger partial charge in [0, 0.05) is 41.3 Å². The summed E-state index contributed by atoms with van der Waals surface area (Å²) in [6, 6.07) is 9.53. The molecule has 2 aromatic heterocycles. The Morgan fingerprint density at radius 2 is 2.03 bits per heavy atom. The van der Waals surface area contributed by atoms with Crippen LogP contribution in [0, 0.1) is 6.92 Å². The smallest absolute Gasteiger partial charge is 0.242 e. The number of sulfonamides is 1. The maximum Gasteiger partial charge on any atom is 0.242 e. The zero-order chi connectivity index (χ0) is 22.2. The van der Waals surface area contributed by atoms with E-state index in [2.05, 4.69) is 16.5 Å². The summed E-state index contributed by atoms with van der Waals surface area (Å²) in [6.45, 7) is 6.38. The minimum atomic E-state index is -3.61. The predicted octanol–water partition coefficient (Wildman–Crippen LogP) is 4.54. The zero-order valence-electron chi connectivity index (χ0n) is 17.9. The van der Waals surface area contributed by atoms with Crippen LogP contribution in [0.1, 0.15) is 25.5 Å². The number of hydrogen-bond acceptors (Lipinski definition) is 5. The molecule has 0 aliphatic carbocycles. The number of nitrogens with one attached hydrogen (secondary N) is 1. The van der Waals surface area contributed by atoms with Crippen LogP contribution in [0.3, 0.4) is 0 Å². The molecule has 3 heterocycles. The van der Waals surface area contributed by atoms with Crippen LogP contribution in [0.5, 0.6) is 0 Å². The summed E-state index contributed by atoms with van der Waals surface area (Å²) >= 11 is 7.48. The van der Waals surface area contributed by atoms with Crippen LogP contribution in [-0.4, -0.2) is 48.5 Å². The molecule has 0 unspecified atom stereocenters. The Morgan fingerprint density at radius 1 is 1.29 bits per heavy atom. The molecule has 166 valence electrons. The molecule has 1 fully saturated rings. The maximum atomic E-state index is 13.1. The van der Waals surface area contributed by atoms with Crippen molar-refractivity contribution in [2.45, 2.75) is 37.6 Å². The van der Waals surface area contributed by atoms with Gasteiger partial charge in [0.05, 0.1) is 11.4 Å². The molecular formula is C22H27ClN4O2S2. The lowest BCUT2D eigenvalue weighted by atomic mass is 10.2. The summed E-state index contributed by atoms with van der Waals surface area (Å²) in [4.78, 5) is 7.39. The molecule has 1 saturated heterocycles. The summed E-state index contributed by atoms with van der Waals surface area (Å²) < 4.78 is 30.9. The van der Waals surface area contributed by atoms with E-state index in [1.54, 1.807) is 6.07 Å². The van der Waals surface area contributed by atoms with Crippen LogP contribution in [0.4, 0.5) is 0 Å². The van der Waals surface area contributed by atoms with E-state index in [0.29, 0.717) is 22.2 Å². The Labute approximate surface area is 192 Å². The van der Waals surface area contributed by atoms with Gasteiger partial charge in [-0.1, -0.05) is 30.7 Å². The third kappa shape index (κ3) is 4.59.